The van der Waals surface area contributed by atoms with E-state index >= 15 is 0 Å². The maximum absolute atomic E-state index is 14.0. The third-order valence-electron chi connectivity index (χ3n) is 5.65. The Bertz CT molecular complexity index is 1250. The van der Waals surface area contributed by atoms with Gasteiger partial charge < -0.3 is 9.30 Å². The van der Waals surface area contributed by atoms with Gasteiger partial charge in [0.25, 0.3) is 0 Å². The first-order chi connectivity index (χ1) is 14.8. The molecule has 32 heavy (non-hydrogen) atoms. The van der Waals surface area contributed by atoms with E-state index in [2.05, 4.69) is 0 Å². The lowest BCUT2D eigenvalue weighted by molar-refractivity contribution is -0.150. The first kappa shape index (κ1) is 24.1. The van der Waals surface area contributed by atoms with Gasteiger partial charge in [-0.2, -0.15) is 17.9 Å². The SMILES string of the molecule is COc1ccc2c(c(CC(NS(=O)(=O)c3c(C)cc(C)cc3C)C(F)(F)F)cn2C)c1C. The van der Waals surface area contributed by atoms with Crippen LogP contribution in [0.1, 0.15) is 27.8 Å². The minimum Gasteiger partial charge on any atom is -0.496 e. The van der Waals surface area contributed by atoms with Crippen molar-refractivity contribution < 1.29 is 26.3 Å². The van der Waals surface area contributed by atoms with Crippen molar-refractivity contribution in [3.05, 3.63) is 58.3 Å². The predicted octanol–water partition coefficient (Wildman–Crippen LogP) is 4.87. The van der Waals surface area contributed by atoms with Gasteiger partial charge >= 0.3 is 6.18 Å². The number of aromatic nitrogens is 1. The van der Waals surface area contributed by atoms with Crippen molar-refractivity contribution in [2.75, 3.05) is 7.11 Å². The van der Waals surface area contributed by atoms with Crippen LogP contribution in [0.25, 0.3) is 10.9 Å². The zero-order valence-electron chi connectivity index (χ0n) is 18.9. The average Bonchev–Trinajstić information content (AvgIpc) is 2.95. The summed E-state index contributed by atoms with van der Waals surface area (Å²) in [7, 11) is -1.18. The van der Waals surface area contributed by atoms with Crippen LogP contribution in [0.5, 0.6) is 5.75 Å². The fourth-order valence-electron chi connectivity index (χ4n) is 4.40. The van der Waals surface area contributed by atoms with Crippen LogP contribution >= 0.6 is 0 Å². The second kappa shape index (κ2) is 8.44. The Morgan fingerprint density at radius 1 is 1.09 bits per heavy atom. The van der Waals surface area contributed by atoms with Crippen molar-refractivity contribution in [3.8, 4) is 5.75 Å². The highest BCUT2D eigenvalue weighted by atomic mass is 32.2. The molecule has 1 N–H and O–H groups in total. The summed E-state index contributed by atoms with van der Waals surface area (Å²) in [4.78, 5) is -0.117. The molecule has 0 amide bonds. The van der Waals surface area contributed by atoms with Gasteiger partial charge in [-0.1, -0.05) is 17.7 Å². The molecule has 0 saturated heterocycles. The van der Waals surface area contributed by atoms with Gasteiger partial charge in [-0.25, -0.2) is 8.42 Å². The summed E-state index contributed by atoms with van der Waals surface area (Å²) < 4.78 is 77.1. The van der Waals surface area contributed by atoms with E-state index in [9.17, 15) is 21.6 Å². The number of ether oxygens (including phenoxy) is 1. The third-order valence-corrected chi connectivity index (χ3v) is 7.43. The fourth-order valence-corrected chi connectivity index (χ4v) is 6.08. The van der Waals surface area contributed by atoms with Crippen LogP contribution in [-0.2, 0) is 23.5 Å². The molecule has 5 nitrogen and oxygen atoms in total. The van der Waals surface area contributed by atoms with Crippen LogP contribution < -0.4 is 9.46 Å². The van der Waals surface area contributed by atoms with E-state index in [4.69, 9.17) is 4.74 Å². The molecular weight excluding hydrogens is 441 g/mol. The van der Waals surface area contributed by atoms with E-state index in [0.29, 0.717) is 33.4 Å². The highest BCUT2D eigenvalue weighted by Gasteiger charge is 2.43. The van der Waals surface area contributed by atoms with Crippen molar-refractivity contribution >= 4 is 20.9 Å². The molecule has 1 unspecified atom stereocenters. The van der Waals surface area contributed by atoms with Crippen molar-refractivity contribution in [2.45, 2.75) is 51.2 Å². The highest BCUT2D eigenvalue weighted by molar-refractivity contribution is 7.89. The number of rotatable bonds is 6. The molecule has 0 fully saturated rings. The number of benzene rings is 2. The average molecular weight is 469 g/mol. The zero-order chi connectivity index (χ0) is 24.0. The summed E-state index contributed by atoms with van der Waals surface area (Å²) in [5, 5.41) is 0.628. The van der Waals surface area contributed by atoms with Crippen LogP contribution in [0.4, 0.5) is 13.2 Å². The number of hydrogen-bond acceptors (Lipinski definition) is 3. The Hall–Kier alpha value is -2.52. The topological polar surface area (TPSA) is 60.3 Å². The van der Waals surface area contributed by atoms with E-state index in [1.54, 1.807) is 69.8 Å². The number of nitrogens with one attached hydrogen (secondary N) is 1. The molecule has 1 heterocycles. The third kappa shape index (κ3) is 4.49. The molecule has 0 spiro atoms. The van der Waals surface area contributed by atoms with Gasteiger partial charge in [-0.05, 0) is 62.9 Å². The Balaban J connectivity index is 2.07. The number of aryl methyl sites for hydroxylation is 5. The Kier molecular flexibility index (Phi) is 6.36. The molecule has 3 rings (SSSR count). The van der Waals surface area contributed by atoms with Gasteiger partial charge in [0.05, 0.1) is 12.0 Å². The number of nitrogens with zero attached hydrogens (tertiary/aromatic N) is 1. The van der Waals surface area contributed by atoms with Gasteiger partial charge in [0.15, 0.2) is 0 Å². The lowest BCUT2D eigenvalue weighted by atomic mass is 10.0. The minimum absolute atomic E-state index is 0.117. The van der Waals surface area contributed by atoms with Crippen molar-refractivity contribution in [1.82, 2.24) is 9.29 Å². The van der Waals surface area contributed by atoms with E-state index in [1.807, 2.05) is 4.72 Å². The van der Waals surface area contributed by atoms with Gasteiger partial charge in [0, 0.05) is 29.7 Å². The summed E-state index contributed by atoms with van der Waals surface area (Å²) in [5.74, 6) is 0.556. The standard InChI is InChI=1S/C23H27F3N2O3S/c1-13-9-14(2)22(15(3)10-13)32(29,30)27-20(23(24,25)26)11-17-12-28(5)18-7-8-19(31-6)16(4)21(17)18/h7-10,12,20,27H,11H2,1-6H3. The Morgan fingerprint density at radius 2 is 1.69 bits per heavy atom. The molecule has 2 aromatic carbocycles. The highest BCUT2D eigenvalue weighted by Crippen LogP contribution is 2.34. The maximum atomic E-state index is 14.0. The normalized spacial score (nSPS) is 13.5. The molecule has 0 bridgehead atoms. The maximum Gasteiger partial charge on any atom is 0.405 e. The molecule has 9 heteroatoms. The number of alkyl halides is 3. The first-order valence-corrected chi connectivity index (χ1v) is 11.5. The predicted molar refractivity (Wildman–Crippen MR) is 119 cm³/mol. The number of hydrogen-bond donors (Lipinski definition) is 1. The smallest absolute Gasteiger partial charge is 0.405 e. The molecular formula is C23H27F3N2O3S. The molecule has 0 radical (unpaired) electrons. The number of halogens is 3. The monoisotopic (exact) mass is 468 g/mol. The quantitative estimate of drug-likeness (QED) is 0.561. The Labute approximate surface area is 186 Å². The van der Waals surface area contributed by atoms with Crippen LogP contribution in [0.15, 0.2) is 35.4 Å². The van der Waals surface area contributed by atoms with E-state index in [0.717, 1.165) is 11.1 Å². The Morgan fingerprint density at radius 3 is 2.22 bits per heavy atom. The summed E-state index contributed by atoms with van der Waals surface area (Å²) in [6.45, 7) is 6.74. The molecule has 0 aliphatic carbocycles. The summed E-state index contributed by atoms with van der Waals surface area (Å²) in [6.07, 6.45) is -3.72. The van der Waals surface area contributed by atoms with Crippen LogP contribution in [0.2, 0.25) is 0 Å². The summed E-state index contributed by atoms with van der Waals surface area (Å²) in [6, 6.07) is 4.53. The van der Waals surface area contributed by atoms with Crippen molar-refractivity contribution in [2.24, 2.45) is 7.05 Å². The number of methoxy groups -OCH3 is 1. The second-order valence-corrected chi connectivity index (χ2v) is 9.85. The van der Waals surface area contributed by atoms with E-state index in [1.165, 1.54) is 7.11 Å². The van der Waals surface area contributed by atoms with Crippen LogP contribution in [-0.4, -0.2) is 32.3 Å². The van der Waals surface area contributed by atoms with Crippen molar-refractivity contribution in [1.29, 1.82) is 0 Å². The lowest BCUT2D eigenvalue weighted by Gasteiger charge is -2.23. The van der Waals surface area contributed by atoms with Gasteiger partial charge in [0.1, 0.15) is 11.8 Å². The number of fused-ring (bicyclic) bond motifs is 1. The molecule has 174 valence electrons. The molecule has 3 aromatic rings. The molecule has 1 aromatic heterocycles. The van der Waals surface area contributed by atoms with E-state index < -0.39 is 28.7 Å². The van der Waals surface area contributed by atoms with Crippen LogP contribution in [0, 0.1) is 27.7 Å². The fraction of sp³-hybridized carbons (Fsp3) is 0.391. The molecule has 0 aliphatic heterocycles. The van der Waals surface area contributed by atoms with Gasteiger partial charge in [-0.3, -0.25) is 0 Å². The largest absolute Gasteiger partial charge is 0.496 e. The van der Waals surface area contributed by atoms with Gasteiger partial charge in [0.2, 0.25) is 10.0 Å². The zero-order valence-corrected chi connectivity index (χ0v) is 19.7. The van der Waals surface area contributed by atoms with Crippen molar-refractivity contribution in [3.63, 3.8) is 0 Å². The summed E-state index contributed by atoms with van der Waals surface area (Å²) in [5.41, 5.74) is 3.48. The molecule has 0 saturated carbocycles. The van der Waals surface area contributed by atoms with E-state index in [-0.39, 0.29) is 4.90 Å². The second-order valence-electron chi connectivity index (χ2n) is 8.20. The molecule has 1 atom stereocenters. The minimum atomic E-state index is -4.78. The van der Waals surface area contributed by atoms with Crippen LogP contribution in [0.3, 0.4) is 0 Å². The molecule has 0 aliphatic rings. The van der Waals surface area contributed by atoms with Gasteiger partial charge in [-0.15, -0.1) is 0 Å². The lowest BCUT2D eigenvalue weighted by Crippen LogP contribution is -2.47. The first-order valence-electron chi connectivity index (χ1n) is 10.0. The summed E-state index contributed by atoms with van der Waals surface area (Å²) >= 11 is 0. The number of sulfonamides is 1.